The van der Waals surface area contributed by atoms with Crippen molar-refractivity contribution in [2.24, 2.45) is 0 Å². The Bertz CT molecular complexity index is 536. The first kappa shape index (κ1) is 14.5. The summed E-state index contributed by atoms with van der Waals surface area (Å²) in [6.07, 6.45) is -1.66. The molecule has 0 spiro atoms. The molecule has 19 heavy (non-hydrogen) atoms. The van der Waals surface area contributed by atoms with Crippen molar-refractivity contribution in [3.63, 3.8) is 0 Å². The largest absolute Gasteiger partial charge is 0.479 e. The molecule has 1 aromatic carbocycles. The number of hydrogen-bond acceptors (Lipinski definition) is 4. The molecule has 0 aliphatic heterocycles. The highest BCUT2D eigenvalue weighted by Crippen LogP contribution is 2.16. The van der Waals surface area contributed by atoms with E-state index in [2.05, 4.69) is 10.6 Å². The fourth-order valence-electron chi connectivity index (χ4n) is 1.27. The van der Waals surface area contributed by atoms with Crippen LogP contribution in [0.15, 0.2) is 18.2 Å². The zero-order valence-electron chi connectivity index (χ0n) is 10.2. The molecule has 0 fully saturated rings. The molecule has 0 bridgehead atoms. The molecule has 7 heteroatoms. The molecule has 100 valence electrons. The Balaban J connectivity index is 2.62. The van der Waals surface area contributed by atoms with Gasteiger partial charge in [-0.05, 0) is 24.6 Å². The van der Waals surface area contributed by atoms with Gasteiger partial charge < -0.3 is 20.8 Å². The quantitative estimate of drug-likeness (QED) is 0.627. The van der Waals surface area contributed by atoms with Crippen molar-refractivity contribution < 1.29 is 19.8 Å². The number of aliphatic hydroxyl groups excluding tert-OH is 1. The Morgan fingerprint density at radius 1 is 1.47 bits per heavy atom. The number of aryl methyl sites for hydroxylation is 1. The van der Waals surface area contributed by atoms with Gasteiger partial charge in [-0.2, -0.15) is 5.26 Å². The molecule has 0 aromatic heterocycles. The van der Waals surface area contributed by atoms with Crippen LogP contribution in [-0.2, 0) is 4.79 Å². The molecule has 0 aliphatic carbocycles. The number of aliphatic carboxylic acids is 1. The number of hydrogen-bond donors (Lipinski definition) is 4. The van der Waals surface area contributed by atoms with E-state index in [4.69, 9.17) is 15.5 Å². The van der Waals surface area contributed by atoms with Crippen LogP contribution < -0.4 is 10.6 Å². The molecule has 1 atom stereocenters. The van der Waals surface area contributed by atoms with Crippen molar-refractivity contribution in [1.29, 1.82) is 5.26 Å². The number of benzene rings is 1. The standard InChI is InChI=1S/C12H13N3O4/c1-7-2-3-8(5-13)4-9(7)15-12(19)14-6-10(16)11(17)18/h2-4,10,16H,6H2,1H3,(H,17,18)(H2,14,15,19). The molecule has 7 nitrogen and oxygen atoms in total. The summed E-state index contributed by atoms with van der Waals surface area (Å²) in [5.74, 6) is -1.41. The van der Waals surface area contributed by atoms with Gasteiger partial charge >= 0.3 is 12.0 Å². The van der Waals surface area contributed by atoms with Crippen molar-refractivity contribution in [2.45, 2.75) is 13.0 Å². The number of nitrogens with zero attached hydrogens (tertiary/aromatic N) is 1. The number of amides is 2. The van der Waals surface area contributed by atoms with Crippen LogP contribution in [0, 0.1) is 18.3 Å². The molecule has 0 radical (unpaired) electrons. The Labute approximate surface area is 109 Å². The third-order valence-electron chi connectivity index (χ3n) is 2.36. The minimum absolute atomic E-state index is 0.395. The van der Waals surface area contributed by atoms with Crippen LogP contribution in [-0.4, -0.2) is 34.9 Å². The molecule has 0 aliphatic rings. The van der Waals surface area contributed by atoms with Gasteiger partial charge in [-0.1, -0.05) is 6.07 Å². The third-order valence-corrected chi connectivity index (χ3v) is 2.36. The van der Waals surface area contributed by atoms with Gasteiger partial charge in [-0.25, -0.2) is 9.59 Å². The first-order valence-electron chi connectivity index (χ1n) is 5.40. The average Bonchev–Trinajstić information content (AvgIpc) is 2.38. The summed E-state index contributed by atoms with van der Waals surface area (Å²) >= 11 is 0. The average molecular weight is 263 g/mol. The van der Waals surface area contributed by atoms with E-state index in [1.165, 1.54) is 6.07 Å². The van der Waals surface area contributed by atoms with Gasteiger partial charge in [0, 0.05) is 5.69 Å². The highest BCUT2D eigenvalue weighted by Gasteiger charge is 2.14. The first-order chi connectivity index (χ1) is 8.93. The number of nitrogens with one attached hydrogen (secondary N) is 2. The maximum atomic E-state index is 11.5. The normalized spacial score (nSPS) is 11.2. The van der Waals surface area contributed by atoms with Crippen molar-refractivity contribution in [3.8, 4) is 6.07 Å². The molecule has 0 heterocycles. The van der Waals surface area contributed by atoms with Crippen LogP contribution >= 0.6 is 0 Å². The smallest absolute Gasteiger partial charge is 0.334 e. The lowest BCUT2D eigenvalue weighted by Gasteiger charge is -2.11. The zero-order chi connectivity index (χ0) is 14.4. The van der Waals surface area contributed by atoms with Crippen LogP contribution in [0.25, 0.3) is 0 Å². The van der Waals surface area contributed by atoms with E-state index in [9.17, 15) is 9.59 Å². The first-order valence-corrected chi connectivity index (χ1v) is 5.40. The fraction of sp³-hybridized carbons (Fsp3) is 0.250. The third kappa shape index (κ3) is 4.29. The predicted octanol–water partition coefficient (Wildman–Crippen LogP) is 0.434. The maximum Gasteiger partial charge on any atom is 0.334 e. The fourth-order valence-corrected chi connectivity index (χ4v) is 1.27. The van der Waals surface area contributed by atoms with Gasteiger partial charge in [-0.15, -0.1) is 0 Å². The van der Waals surface area contributed by atoms with E-state index in [1.54, 1.807) is 19.1 Å². The van der Waals surface area contributed by atoms with E-state index in [-0.39, 0.29) is 0 Å². The molecular weight excluding hydrogens is 250 g/mol. The van der Waals surface area contributed by atoms with Crippen molar-refractivity contribution in [3.05, 3.63) is 29.3 Å². The predicted molar refractivity (Wildman–Crippen MR) is 66.6 cm³/mol. The lowest BCUT2D eigenvalue weighted by atomic mass is 10.1. The summed E-state index contributed by atoms with van der Waals surface area (Å²) in [7, 11) is 0. The van der Waals surface area contributed by atoms with Gasteiger partial charge in [-0.3, -0.25) is 0 Å². The van der Waals surface area contributed by atoms with Crippen LogP contribution in [0.2, 0.25) is 0 Å². The lowest BCUT2D eigenvalue weighted by molar-refractivity contribution is -0.146. The Hall–Kier alpha value is -2.59. The maximum absolute atomic E-state index is 11.5. The number of urea groups is 1. The van der Waals surface area contributed by atoms with Gasteiger partial charge in [0.1, 0.15) is 0 Å². The second-order valence-corrected chi connectivity index (χ2v) is 3.83. The van der Waals surface area contributed by atoms with Gasteiger partial charge in [0.05, 0.1) is 18.2 Å². The van der Waals surface area contributed by atoms with E-state index < -0.39 is 24.6 Å². The summed E-state index contributed by atoms with van der Waals surface area (Å²) < 4.78 is 0. The highest BCUT2D eigenvalue weighted by molar-refractivity contribution is 5.90. The number of carboxylic acid groups (broad SMARTS) is 1. The number of anilines is 1. The molecule has 1 unspecified atom stereocenters. The molecule has 0 saturated carbocycles. The minimum Gasteiger partial charge on any atom is -0.479 e. The zero-order valence-corrected chi connectivity index (χ0v) is 10.2. The molecule has 4 N–H and O–H groups in total. The summed E-state index contributed by atoms with van der Waals surface area (Å²) in [6.45, 7) is 1.35. The van der Waals surface area contributed by atoms with Crippen LogP contribution in [0.1, 0.15) is 11.1 Å². The second kappa shape index (κ2) is 6.37. The molecule has 1 rings (SSSR count). The van der Waals surface area contributed by atoms with Crippen molar-refractivity contribution >= 4 is 17.7 Å². The van der Waals surface area contributed by atoms with E-state index in [1.807, 2.05) is 6.07 Å². The molecule has 1 aromatic rings. The van der Waals surface area contributed by atoms with Crippen molar-refractivity contribution in [2.75, 3.05) is 11.9 Å². The number of aliphatic hydroxyl groups is 1. The Morgan fingerprint density at radius 2 is 2.16 bits per heavy atom. The number of carboxylic acids is 1. The molecular formula is C12H13N3O4. The van der Waals surface area contributed by atoms with Crippen LogP contribution in [0.4, 0.5) is 10.5 Å². The minimum atomic E-state index is -1.66. The Morgan fingerprint density at radius 3 is 2.74 bits per heavy atom. The number of nitriles is 1. The SMILES string of the molecule is Cc1ccc(C#N)cc1NC(=O)NCC(O)C(=O)O. The topological polar surface area (TPSA) is 122 Å². The van der Waals surface area contributed by atoms with E-state index in [0.29, 0.717) is 11.3 Å². The number of rotatable bonds is 4. The lowest BCUT2D eigenvalue weighted by Crippen LogP contribution is -2.38. The second-order valence-electron chi connectivity index (χ2n) is 3.83. The highest BCUT2D eigenvalue weighted by atomic mass is 16.4. The summed E-state index contributed by atoms with van der Waals surface area (Å²) in [4.78, 5) is 21.8. The van der Waals surface area contributed by atoms with E-state index >= 15 is 0 Å². The van der Waals surface area contributed by atoms with E-state index in [0.717, 1.165) is 5.56 Å². The van der Waals surface area contributed by atoms with Crippen molar-refractivity contribution in [1.82, 2.24) is 5.32 Å². The Kier molecular flexibility index (Phi) is 4.85. The monoisotopic (exact) mass is 263 g/mol. The van der Waals surface area contributed by atoms with Gasteiger partial charge in [0.15, 0.2) is 6.10 Å². The molecule has 2 amide bonds. The summed E-state index contributed by atoms with van der Waals surface area (Å²) in [5.41, 5.74) is 1.60. The van der Waals surface area contributed by atoms with Gasteiger partial charge in [0.25, 0.3) is 0 Å². The van der Waals surface area contributed by atoms with Crippen LogP contribution in [0.5, 0.6) is 0 Å². The molecule has 0 saturated heterocycles. The summed E-state index contributed by atoms with van der Waals surface area (Å²) in [5, 5.41) is 30.9. The van der Waals surface area contributed by atoms with Crippen LogP contribution in [0.3, 0.4) is 0 Å². The van der Waals surface area contributed by atoms with Gasteiger partial charge in [0.2, 0.25) is 0 Å². The summed E-state index contributed by atoms with van der Waals surface area (Å²) in [6, 6.07) is 6.09. The number of carbonyl (C=O) groups is 2. The number of carbonyl (C=O) groups excluding carboxylic acids is 1.